The van der Waals surface area contributed by atoms with Crippen LogP contribution in [0.4, 0.5) is 11.4 Å². The molecule has 2 amide bonds. The number of carbonyl (C=O) groups excluding carboxylic acids is 2. The van der Waals surface area contributed by atoms with Gasteiger partial charge in [-0.2, -0.15) is 0 Å². The van der Waals surface area contributed by atoms with Crippen molar-refractivity contribution in [1.29, 1.82) is 0 Å². The van der Waals surface area contributed by atoms with Gasteiger partial charge in [0, 0.05) is 17.8 Å². The molecule has 0 aliphatic heterocycles. The molecule has 3 aromatic carbocycles. The van der Waals surface area contributed by atoms with Crippen molar-refractivity contribution in [2.45, 2.75) is 39.7 Å². The van der Waals surface area contributed by atoms with Crippen LogP contribution < -0.4 is 15.4 Å². The van der Waals surface area contributed by atoms with Crippen LogP contribution in [-0.2, 0) is 9.59 Å². The summed E-state index contributed by atoms with van der Waals surface area (Å²) in [6, 6.07) is 23.3. The van der Waals surface area contributed by atoms with Crippen molar-refractivity contribution >= 4 is 23.2 Å². The Morgan fingerprint density at radius 2 is 1.55 bits per heavy atom. The summed E-state index contributed by atoms with van der Waals surface area (Å²) in [5.74, 6) is 0.341. The van der Waals surface area contributed by atoms with Gasteiger partial charge in [0.15, 0.2) is 6.10 Å². The minimum Gasteiger partial charge on any atom is -0.481 e. The molecule has 0 heterocycles. The van der Waals surface area contributed by atoms with E-state index < -0.39 is 6.10 Å². The normalized spacial score (nSPS) is 11.5. The first-order chi connectivity index (χ1) is 15.0. The Hall–Kier alpha value is -3.60. The Kier molecular flexibility index (Phi) is 7.44. The molecule has 0 aliphatic rings. The lowest BCUT2D eigenvalue weighted by Crippen LogP contribution is -2.32. The molecule has 0 aliphatic carbocycles. The fourth-order valence-corrected chi connectivity index (χ4v) is 3.14. The topological polar surface area (TPSA) is 67.4 Å². The van der Waals surface area contributed by atoms with E-state index in [1.54, 1.807) is 13.0 Å². The molecule has 5 nitrogen and oxygen atoms in total. The number of amides is 2. The van der Waals surface area contributed by atoms with Crippen molar-refractivity contribution in [2.24, 2.45) is 0 Å². The molecule has 3 rings (SSSR count). The van der Waals surface area contributed by atoms with Crippen molar-refractivity contribution in [3.63, 3.8) is 0 Å². The Balaban J connectivity index is 1.66. The van der Waals surface area contributed by atoms with Crippen molar-refractivity contribution in [3.05, 3.63) is 78.4 Å². The molecule has 0 bridgehead atoms. The summed E-state index contributed by atoms with van der Waals surface area (Å²) in [6.07, 6.45) is 0.292. The Labute approximate surface area is 183 Å². The number of hydrogen-bond acceptors (Lipinski definition) is 3. The SMILES string of the molecule is CCC(=O)Nc1cc(NC(=O)C(CC)Oc2ccc(-c3ccccc3)cc2)ccc1C. The fraction of sp³-hybridized carbons (Fsp3) is 0.231. The van der Waals surface area contributed by atoms with E-state index in [0.717, 1.165) is 16.7 Å². The highest BCUT2D eigenvalue weighted by Gasteiger charge is 2.19. The van der Waals surface area contributed by atoms with Gasteiger partial charge in [0.05, 0.1) is 0 Å². The van der Waals surface area contributed by atoms with Crippen molar-refractivity contribution in [3.8, 4) is 16.9 Å². The van der Waals surface area contributed by atoms with E-state index in [-0.39, 0.29) is 11.8 Å². The number of nitrogens with one attached hydrogen (secondary N) is 2. The van der Waals surface area contributed by atoms with E-state index in [2.05, 4.69) is 22.8 Å². The molecule has 0 saturated heterocycles. The maximum Gasteiger partial charge on any atom is 0.265 e. The third-order valence-corrected chi connectivity index (χ3v) is 5.00. The molecule has 2 N–H and O–H groups in total. The monoisotopic (exact) mass is 416 g/mol. The quantitative estimate of drug-likeness (QED) is 0.487. The molecule has 1 unspecified atom stereocenters. The van der Waals surface area contributed by atoms with Crippen molar-refractivity contribution in [1.82, 2.24) is 0 Å². The summed E-state index contributed by atoms with van der Waals surface area (Å²) in [5.41, 5.74) is 4.45. The predicted molar refractivity (Wildman–Crippen MR) is 125 cm³/mol. The Bertz CT molecular complexity index is 1030. The third kappa shape index (κ3) is 5.95. The van der Waals surface area contributed by atoms with Crippen molar-refractivity contribution in [2.75, 3.05) is 10.6 Å². The van der Waals surface area contributed by atoms with Gasteiger partial charge in [-0.25, -0.2) is 0 Å². The molecule has 0 radical (unpaired) electrons. The summed E-state index contributed by atoms with van der Waals surface area (Å²) < 4.78 is 5.94. The van der Waals surface area contributed by atoms with E-state index in [4.69, 9.17) is 4.74 Å². The number of ether oxygens (including phenoxy) is 1. The maximum atomic E-state index is 12.8. The Morgan fingerprint density at radius 1 is 0.871 bits per heavy atom. The van der Waals surface area contributed by atoms with Gasteiger partial charge < -0.3 is 15.4 Å². The lowest BCUT2D eigenvalue weighted by atomic mass is 10.1. The molecular formula is C26H28N2O3. The molecule has 160 valence electrons. The van der Waals surface area contributed by atoms with Crippen LogP contribution in [-0.4, -0.2) is 17.9 Å². The predicted octanol–water partition coefficient (Wildman–Crippen LogP) is 5.81. The van der Waals surface area contributed by atoms with Gasteiger partial charge in [0.2, 0.25) is 5.91 Å². The number of carbonyl (C=O) groups is 2. The summed E-state index contributed by atoms with van der Waals surface area (Å²) in [4.78, 5) is 24.5. The highest BCUT2D eigenvalue weighted by molar-refractivity contribution is 5.96. The number of hydrogen-bond donors (Lipinski definition) is 2. The molecule has 31 heavy (non-hydrogen) atoms. The van der Waals surface area contributed by atoms with E-state index in [1.165, 1.54) is 0 Å². The lowest BCUT2D eigenvalue weighted by Gasteiger charge is -2.18. The number of aryl methyl sites for hydroxylation is 1. The van der Waals surface area contributed by atoms with E-state index in [1.807, 2.05) is 68.4 Å². The van der Waals surface area contributed by atoms with Crippen LogP contribution in [0.5, 0.6) is 5.75 Å². The minimum atomic E-state index is -0.627. The van der Waals surface area contributed by atoms with Crippen LogP contribution in [0.3, 0.4) is 0 Å². The van der Waals surface area contributed by atoms with Crippen LogP contribution in [0.25, 0.3) is 11.1 Å². The van der Waals surface area contributed by atoms with Gasteiger partial charge >= 0.3 is 0 Å². The van der Waals surface area contributed by atoms with Crippen LogP contribution in [0.1, 0.15) is 32.3 Å². The van der Waals surface area contributed by atoms with E-state index in [0.29, 0.717) is 30.0 Å². The van der Waals surface area contributed by atoms with Crippen LogP contribution >= 0.6 is 0 Å². The third-order valence-electron chi connectivity index (χ3n) is 5.00. The molecule has 0 fully saturated rings. The van der Waals surface area contributed by atoms with Gasteiger partial charge in [-0.1, -0.05) is 62.4 Å². The highest BCUT2D eigenvalue weighted by atomic mass is 16.5. The van der Waals surface area contributed by atoms with Crippen LogP contribution in [0.2, 0.25) is 0 Å². The summed E-state index contributed by atoms with van der Waals surface area (Å²) in [6.45, 7) is 5.62. The zero-order valence-corrected chi connectivity index (χ0v) is 18.1. The molecule has 3 aromatic rings. The standard InChI is InChI=1S/C26H28N2O3/c1-4-24(31-22-15-12-20(13-16-22)19-9-7-6-8-10-19)26(30)27-21-14-11-18(3)23(17-21)28-25(29)5-2/h6-17,24H,4-5H2,1-3H3,(H,27,30)(H,28,29). The summed E-state index contributed by atoms with van der Waals surface area (Å²) in [5, 5.41) is 5.75. The average Bonchev–Trinajstić information content (AvgIpc) is 2.80. The van der Waals surface area contributed by atoms with Gasteiger partial charge in [-0.05, 0) is 54.3 Å². The second-order valence-electron chi connectivity index (χ2n) is 7.33. The first-order valence-corrected chi connectivity index (χ1v) is 10.5. The number of rotatable bonds is 8. The molecule has 5 heteroatoms. The number of anilines is 2. The first kappa shape index (κ1) is 22.1. The second kappa shape index (κ2) is 10.4. The van der Waals surface area contributed by atoms with Gasteiger partial charge in [-0.15, -0.1) is 0 Å². The minimum absolute atomic E-state index is 0.0692. The Morgan fingerprint density at radius 3 is 2.19 bits per heavy atom. The maximum absolute atomic E-state index is 12.8. The lowest BCUT2D eigenvalue weighted by molar-refractivity contribution is -0.122. The van der Waals surface area contributed by atoms with Gasteiger partial charge in [-0.3, -0.25) is 9.59 Å². The van der Waals surface area contributed by atoms with Gasteiger partial charge in [0.1, 0.15) is 5.75 Å². The summed E-state index contributed by atoms with van der Waals surface area (Å²) >= 11 is 0. The van der Waals surface area contributed by atoms with E-state index >= 15 is 0 Å². The van der Waals surface area contributed by atoms with E-state index in [9.17, 15) is 9.59 Å². The molecule has 0 saturated carbocycles. The zero-order chi connectivity index (χ0) is 22.2. The van der Waals surface area contributed by atoms with Crippen LogP contribution in [0, 0.1) is 6.92 Å². The molecular weight excluding hydrogens is 388 g/mol. The number of benzene rings is 3. The first-order valence-electron chi connectivity index (χ1n) is 10.5. The van der Waals surface area contributed by atoms with Gasteiger partial charge in [0.25, 0.3) is 5.91 Å². The van der Waals surface area contributed by atoms with Crippen LogP contribution in [0.15, 0.2) is 72.8 Å². The second-order valence-corrected chi connectivity index (χ2v) is 7.33. The average molecular weight is 417 g/mol. The fourth-order valence-electron chi connectivity index (χ4n) is 3.14. The largest absolute Gasteiger partial charge is 0.481 e. The molecule has 0 spiro atoms. The highest BCUT2D eigenvalue weighted by Crippen LogP contribution is 2.24. The summed E-state index contributed by atoms with van der Waals surface area (Å²) in [7, 11) is 0. The smallest absolute Gasteiger partial charge is 0.265 e. The molecule has 0 aromatic heterocycles. The van der Waals surface area contributed by atoms with Crippen molar-refractivity contribution < 1.29 is 14.3 Å². The molecule has 1 atom stereocenters. The zero-order valence-electron chi connectivity index (χ0n) is 18.1.